The van der Waals surface area contributed by atoms with Crippen LogP contribution in [0.15, 0.2) is 5.16 Å². The summed E-state index contributed by atoms with van der Waals surface area (Å²) in [5, 5.41) is 13.0. The maximum absolute atomic E-state index is 13.2. The molecule has 1 N–H and O–H groups in total. The van der Waals surface area contributed by atoms with E-state index in [1.54, 1.807) is 6.92 Å². The average molecular weight is 490 g/mol. The number of thioether (sulfide) groups is 1. The van der Waals surface area contributed by atoms with Gasteiger partial charge in [0, 0.05) is 24.0 Å². The van der Waals surface area contributed by atoms with Gasteiger partial charge in [0.2, 0.25) is 11.9 Å². The standard InChI is InChI=1S/C23H31N5O3S2/c1-3-31-21(30)18-16-8-4-5-9-17(16)33-20(18)24-19(29)14(2)32-23-26-25-22(27-12-6-7-13-27)28(23)15-10-11-15/h14-15H,3-13H2,1-2H3,(H,24,29)/t14-/m0/s1. The second-order valence-electron chi connectivity index (χ2n) is 8.96. The Morgan fingerprint density at radius 2 is 1.94 bits per heavy atom. The van der Waals surface area contributed by atoms with Crippen LogP contribution in [0.1, 0.15) is 79.2 Å². The summed E-state index contributed by atoms with van der Waals surface area (Å²) in [6, 6.07) is 0.438. The molecule has 178 valence electrons. The number of nitrogens with one attached hydrogen (secondary N) is 1. The van der Waals surface area contributed by atoms with E-state index in [1.165, 1.54) is 40.8 Å². The predicted octanol–water partition coefficient (Wildman–Crippen LogP) is 4.45. The summed E-state index contributed by atoms with van der Waals surface area (Å²) in [6.07, 6.45) is 8.64. The van der Waals surface area contributed by atoms with E-state index >= 15 is 0 Å². The first-order valence-corrected chi connectivity index (χ1v) is 13.8. The van der Waals surface area contributed by atoms with Crippen molar-refractivity contribution in [3.05, 3.63) is 16.0 Å². The molecule has 33 heavy (non-hydrogen) atoms. The van der Waals surface area contributed by atoms with E-state index in [0.717, 1.165) is 68.3 Å². The molecule has 2 aromatic rings. The Balaban J connectivity index is 1.33. The lowest BCUT2D eigenvalue weighted by atomic mass is 9.95. The first-order valence-electron chi connectivity index (χ1n) is 12.1. The molecule has 1 amide bonds. The van der Waals surface area contributed by atoms with E-state index in [1.807, 2.05) is 6.92 Å². The van der Waals surface area contributed by atoms with Crippen molar-refractivity contribution in [3.8, 4) is 0 Å². The van der Waals surface area contributed by atoms with Crippen LogP contribution in [0, 0.1) is 0 Å². The fourth-order valence-electron chi connectivity index (χ4n) is 4.63. The highest BCUT2D eigenvalue weighted by Crippen LogP contribution is 2.43. The number of hydrogen-bond acceptors (Lipinski definition) is 8. The van der Waals surface area contributed by atoms with Gasteiger partial charge in [0.25, 0.3) is 0 Å². The number of thiophene rings is 1. The van der Waals surface area contributed by atoms with Crippen LogP contribution >= 0.6 is 23.1 Å². The molecule has 0 aromatic carbocycles. The van der Waals surface area contributed by atoms with Gasteiger partial charge in [-0.05, 0) is 70.8 Å². The lowest BCUT2D eigenvalue weighted by Crippen LogP contribution is -2.24. The molecule has 0 unspecified atom stereocenters. The van der Waals surface area contributed by atoms with Crippen LogP contribution < -0.4 is 10.2 Å². The molecule has 10 heteroatoms. The summed E-state index contributed by atoms with van der Waals surface area (Å²) in [4.78, 5) is 29.4. The number of aromatic nitrogens is 3. The molecule has 5 rings (SSSR count). The Bertz CT molecular complexity index is 1040. The van der Waals surface area contributed by atoms with Crippen LogP contribution in [0.2, 0.25) is 0 Å². The third-order valence-corrected chi connectivity index (χ3v) is 8.75. The smallest absolute Gasteiger partial charge is 0.341 e. The minimum absolute atomic E-state index is 0.128. The number of hydrogen-bond donors (Lipinski definition) is 1. The van der Waals surface area contributed by atoms with Gasteiger partial charge >= 0.3 is 5.97 Å². The molecular formula is C23H31N5O3S2. The molecule has 1 saturated carbocycles. The van der Waals surface area contributed by atoms with Gasteiger partial charge < -0.3 is 15.0 Å². The highest BCUT2D eigenvalue weighted by molar-refractivity contribution is 8.00. The summed E-state index contributed by atoms with van der Waals surface area (Å²) in [7, 11) is 0. The normalized spacial score (nSPS) is 18.8. The fraction of sp³-hybridized carbons (Fsp3) is 0.652. The SMILES string of the molecule is CCOC(=O)c1c(NC(=O)[C@H](C)Sc2nnc(N3CCCC3)n2C2CC2)sc2c1CCCC2. The molecule has 2 aliphatic carbocycles. The van der Waals surface area contributed by atoms with Gasteiger partial charge in [-0.3, -0.25) is 9.36 Å². The predicted molar refractivity (Wildman–Crippen MR) is 131 cm³/mol. The largest absolute Gasteiger partial charge is 0.462 e. The second kappa shape index (κ2) is 9.66. The van der Waals surface area contributed by atoms with Gasteiger partial charge in [0.05, 0.1) is 17.4 Å². The number of ether oxygens (including phenoxy) is 1. The summed E-state index contributed by atoms with van der Waals surface area (Å²) < 4.78 is 7.55. The monoisotopic (exact) mass is 489 g/mol. The molecule has 0 bridgehead atoms. The Hall–Kier alpha value is -2.07. The summed E-state index contributed by atoms with van der Waals surface area (Å²) in [5.41, 5.74) is 1.61. The maximum atomic E-state index is 13.2. The molecule has 0 radical (unpaired) electrons. The molecule has 8 nitrogen and oxygen atoms in total. The van der Waals surface area contributed by atoms with E-state index in [9.17, 15) is 9.59 Å². The van der Waals surface area contributed by atoms with Crippen LogP contribution in [0.5, 0.6) is 0 Å². The van der Waals surface area contributed by atoms with Crippen molar-refractivity contribution in [1.29, 1.82) is 0 Å². The third-order valence-electron chi connectivity index (χ3n) is 6.49. The van der Waals surface area contributed by atoms with E-state index in [0.29, 0.717) is 23.2 Å². The number of anilines is 2. The Morgan fingerprint density at radius 3 is 2.67 bits per heavy atom. The maximum Gasteiger partial charge on any atom is 0.341 e. The van der Waals surface area contributed by atoms with Crippen molar-refractivity contribution in [2.45, 2.75) is 81.7 Å². The molecule has 3 heterocycles. The summed E-state index contributed by atoms with van der Waals surface area (Å²) in [6.45, 7) is 6.05. The van der Waals surface area contributed by atoms with Gasteiger partial charge in [0.1, 0.15) is 5.00 Å². The highest BCUT2D eigenvalue weighted by Gasteiger charge is 2.34. The number of carbonyl (C=O) groups is 2. The summed E-state index contributed by atoms with van der Waals surface area (Å²) >= 11 is 2.97. The van der Waals surface area contributed by atoms with Gasteiger partial charge in [-0.2, -0.15) is 0 Å². The number of esters is 1. The topological polar surface area (TPSA) is 89.3 Å². The zero-order valence-corrected chi connectivity index (χ0v) is 20.9. The Kier molecular flexibility index (Phi) is 6.65. The number of rotatable bonds is 8. The minimum Gasteiger partial charge on any atom is -0.462 e. The van der Waals surface area contributed by atoms with Gasteiger partial charge in [-0.25, -0.2) is 4.79 Å². The molecule has 2 aromatic heterocycles. The quantitative estimate of drug-likeness (QED) is 0.433. The van der Waals surface area contributed by atoms with E-state index in [-0.39, 0.29) is 17.1 Å². The highest BCUT2D eigenvalue weighted by atomic mass is 32.2. The van der Waals surface area contributed by atoms with Crippen molar-refractivity contribution in [1.82, 2.24) is 14.8 Å². The first-order chi connectivity index (χ1) is 16.1. The van der Waals surface area contributed by atoms with Crippen LogP contribution in [0.3, 0.4) is 0 Å². The van der Waals surface area contributed by atoms with Crippen molar-refractivity contribution in [2.24, 2.45) is 0 Å². The lowest BCUT2D eigenvalue weighted by Gasteiger charge is -2.18. The Labute approximate surface area is 202 Å². The lowest BCUT2D eigenvalue weighted by molar-refractivity contribution is -0.115. The molecule has 1 aliphatic heterocycles. The fourth-order valence-corrected chi connectivity index (χ4v) is 6.83. The van der Waals surface area contributed by atoms with Gasteiger partial charge in [-0.1, -0.05) is 11.8 Å². The number of amides is 1. The molecule has 0 spiro atoms. The van der Waals surface area contributed by atoms with Crippen molar-refractivity contribution < 1.29 is 14.3 Å². The van der Waals surface area contributed by atoms with Crippen molar-refractivity contribution >= 4 is 45.9 Å². The first kappa shape index (κ1) is 22.7. The number of fused-ring (bicyclic) bond motifs is 1. The van der Waals surface area contributed by atoms with Crippen molar-refractivity contribution in [2.75, 3.05) is 29.9 Å². The Morgan fingerprint density at radius 1 is 1.18 bits per heavy atom. The van der Waals surface area contributed by atoms with Crippen LogP contribution in [0.25, 0.3) is 0 Å². The minimum atomic E-state index is -0.368. The zero-order valence-electron chi connectivity index (χ0n) is 19.3. The zero-order chi connectivity index (χ0) is 22.9. The molecule has 2 fully saturated rings. The molecule has 1 atom stereocenters. The van der Waals surface area contributed by atoms with Gasteiger partial charge in [0.15, 0.2) is 5.16 Å². The average Bonchev–Trinajstić information content (AvgIpc) is 3.20. The number of nitrogens with zero attached hydrogens (tertiary/aromatic N) is 4. The van der Waals surface area contributed by atoms with E-state index in [2.05, 4.69) is 25.0 Å². The van der Waals surface area contributed by atoms with E-state index in [4.69, 9.17) is 4.74 Å². The molecular weight excluding hydrogens is 458 g/mol. The van der Waals surface area contributed by atoms with Crippen LogP contribution in [0.4, 0.5) is 10.9 Å². The molecule has 1 saturated heterocycles. The number of aryl methyl sites for hydroxylation is 1. The van der Waals surface area contributed by atoms with Gasteiger partial charge in [-0.15, -0.1) is 21.5 Å². The number of carbonyl (C=O) groups excluding carboxylic acids is 2. The van der Waals surface area contributed by atoms with Crippen LogP contribution in [-0.2, 0) is 22.4 Å². The molecule has 3 aliphatic rings. The summed E-state index contributed by atoms with van der Waals surface area (Å²) in [5.74, 6) is 0.481. The van der Waals surface area contributed by atoms with Crippen molar-refractivity contribution in [3.63, 3.8) is 0 Å². The third kappa shape index (κ3) is 4.64. The van der Waals surface area contributed by atoms with E-state index < -0.39 is 0 Å². The van der Waals surface area contributed by atoms with Crippen LogP contribution in [-0.4, -0.2) is 51.6 Å². The second-order valence-corrected chi connectivity index (χ2v) is 11.4.